The molecule has 0 saturated heterocycles. The molecule has 0 fully saturated rings. The lowest BCUT2D eigenvalue weighted by atomic mass is 9.89. The molecule has 0 saturated carbocycles. The van der Waals surface area contributed by atoms with Crippen molar-refractivity contribution in [2.24, 2.45) is 0 Å². The Morgan fingerprint density at radius 2 is 1.75 bits per heavy atom. The van der Waals surface area contributed by atoms with E-state index in [1.807, 2.05) is 0 Å². The van der Waals surface area contributed by atoms with Gasteiger partial charge in [-0.2, -0.15) is 0 Å². The Morgan fingerprint density at radius 1 is 1.15 bits per heavy atom. The summed E-state index contributed by atoms with van der Waals surface area (Å²) in [4.78, 5) is 22.6. The van der Waals surface area contributed by atoms with Crippen LogP contribution in [-0.2, 0) is 23.8 Å². The first-order valence-electron chi connectivity index (χ1n) is 5.61. The second kappa shape index (κ2) is 6.51. The first-order chi connectivity index (χ1) is 9.33. The zero-order valence-electron chi connectivity index (χ0n) is 11.0. The van der Waals surface area contributed by atoms with Gasteiger partial charge in [0.2, 0.25) is 0 Å². The predicted molar refractivity (Wildman–Crippen MR) is 64.1 cm³/mol. The molecule has 0 aromatic carbocycles. The van der Waals surface area contributed by atoms with Crippen molar-refractivity contribution in [3.63, 3.8) is 0 Å². The molecule has 0 aromatic rings. The minimum absolute atomic E-state index is 0.284. The highest BCUT2D eigenvalue weighted by Crippen LogP contribution is 2.24. The fourth-order valence-corrected chi connectivity index (χ4v) is 1.68. The molecule has 0 unspecified atom stereocenters. The van der Waals surface area contributed by atoms with Crippen LogP contribution in [0.2, 0.25) is 0 Å². The summed E-state index contributed by atoms with van der Waals surface area (Å²) in [6, 6.07) is 0. The summed E-state index contributed by atoms with van der Waals surface area (Å²) in [6.07, 6.45) is -5.05. The van der Waals surface area contributed by atoms with Gasteiger partial charge in [0.05, 0.1) is 19.8 Å². The van der Waals surface area contributed by atoms with E-state index in [-0.39, 0.29) is 5.57 Å². The van der Waals surface area contributed by atoms with Crippen LogP contribution in [0.3, 0.4) is 0 Å². The molecule has 20 heavy (non-hydrogen) atoms. The molecule has 0 spiro atoms. The van der Waals surface area contributed by atoms with Gasteiger partial charge in [0.1, 0.15) is 24.4 Å². The monoisotopic (exact) mass is 288 g/mol. The molecule has 0 radical (unpaired) electrons. The summed E-state index contributed by atoms with van der Waals surface area (Å²) in [6.45, 7) is 3.29. The number of methoxy groups -OCH3 is 2. The highest BCUT2D eigenvalue weighted by Gasteiger charge is 2.41. The predicted octanol–water partition coefficient (Wildman–Crippen LogP) is -1.75. The molecular weight excluding hydrogens is 272 g/mol. The molecule has 0 aromatic heterocycles. The summed E-state index contributed by atoms with van der Waals surface area (Å²) in [5, 5.41) is 29.1. The number of aliphatic hydroxyl groups excluding tert-OH is 3. The molecule has 112 valence electrons. The second-order valence-corrected chi connectivity index (χ2v) is 4.04. The smallest absolute Gasteiger partial charge is 0.372 e. The van der Waals surface area contributed by atoms with Crippen LogP contribution in [0, 0.1) is 0 Å². The van der Waals surface area contributed by atoms with Gasteiger partial charge >= 0.3 is 11.9 Å². The third-order valence-electron chi connectivity index (χ3n) is 2.78. The highest BCUT2D eigenvalue weighted by molar-refractivity contribution is 5.90. The largest absolute Gasteiger partial charge is 0.477 e. The SMILES string of the molecule is C=C(O[C@@H]1C=C(C(=O)OC)[C@H](O)[C@H](O)[C@@H]1O)C(=O)OC. The Hall–Kier alpha value is -1.90. The van der Waals surface area contributed by atoms with Gasteiger partial charge in [-0.25, -0.2) is 9.59 Å². The Bertz CT molecular complexity index is 441. The summed E-state index contributed by atoms with van der Waals surface area (Å²) >= 11 is 0. The normalized spacial score (nSPS) is 29.1. The summed E-state index contributed by atoms with van der Waals surface area (Å²) in [7, 11) is 2.21. The maximum absolute atomic E-state index is 11.4. The molecule has 4 atom stereocenters. The molecule has 1 aliphatic rings. The van der Waals surface area contributed by atoms with Crippen LogP contribution in [0.25, 0.3) is 0 Å². The van der Waals surface area contributed by atoms with Crippen molar-refractivity contribution in [2.45, 2.75) is 24.4 Å². The van der Waals surface area contributed by atoms with Crippen LogP contribution in [0.15, 0.2) is 24.0 Å². The van der Waals surface area contributed by atoms with Gasteiger partial charge in [0.15, 0.2) is 5.76 Å². The minimum atomic E-state index is -1.68. The molecule has 0 aliphatic heterocycles. The summed E-state index contributed by atoms with van der Waals surface area (Å²) in [5.41, 5.74) is -0.284. The average Bonchev–Trinajstić information content (AvgIpc) is 2.45. The van der Waals surface area contributed by atoms with E-state index >= 15 is 0 Å². The number of carbonyl (C=O) groups is 2. The topological polar surface area (TPSA) is 123 Å². The van der Waals surface area contributed by atoms with Gasteiger partial charge in [-0.1, -0.05) is 0 Å². The van der Waals surface area contributed by atoms with Gasteiger partial charge in [0, 0.05) is 0 Å². The number of carbonyl (C=O) groups excluding carboxylic acids is 2. The van der Waals surface area contributed by atoms with Gasteiger partial charge in [-0.15, -0.1) is 0 Å². The second-order valence-electron chi connectivity index (χ2n) is 4.04. The van der Waals surface area contributed by atoms with E-state index in [1.54, 1.807) is 0 Å². The van der Waals surface area contributed by atoms with E-state index in [2.05, 4.69) is 16.1 Å². The Balaban J connectivity index is 2.99. The standard InChI is InChI=1S/C12H16O8/c1-5(11(16)18-2)20-7-4-6(12(17)19-3)8(13)10(15)9(7)14/h4,7-10,13-15H,1H2,2-3H3/t7-,8+,9-,10+/m1/s1. The number of ether oxygens (including phenoxy) is 3. The van der Waals surface area contributed by atoms with Gasteiger partial charge in [0.25, 0.3) is 0 Å². The lowest BCUT2D eigenvalue weighted by Gasteiger charge is -2.33. The Morgan fingerprint density at radius 3 is 2.25 bits per heavy atom. The molecule has 3 N–H and O–H groups in total. The fraction of sp³-hybridized carbons (Fsp3) is 0.500. The third kappa shape index (κ3) is 3.16. The van der Waals surface area contributed by atoms with Gasteiger partial charge in [-0.05, 0) is 12.7 Å². The molecule has 0 bridgehead atoms. The lowest BCUT2D eigenvalue weighted by molar-refractivity contribution is -0.147. The highest BCUT2D eigenvalue weighted by atomic mass is 16.6. The number of hydrogen-bond donors (Lipinski definition) is 3. The van der Waals surface area contributed by atoms with Crippen LogP contribution in [-0.4, -0.2) is 65.9 Å². The van der Waals surface area contributed by atoms with Crippen LogP contribution >= 0.6 is 0 Å². The van der Waals surface area contributed by atoms with Gasteiger partial charge < -0.3 is 29.5 Å². The maximum atomic E-state index is 11.4. The van der Waals surface area contributed by atoms with E-state index in [9.17, 15) is 24.9 Å². The van der Waals surface area contributed by atoms with Crippen LogP contribution in [0.5, 0.6) is 0 Å². The van der Waals surface area contributed by atoms with Crippen molar-refractivity contribution in [3.8, 4) is 0 Å². The van der Waals surface area contributed by atoms with Gasteiger partial charge in [-0.3, -0.25) is 0 Å². The van der Waals surface area contributed by atoms with Crippen LogP contribution in [0.4, 0.5) is 0 Å². The third-order valence-corrected chi connectivity index (χ3v) is 2.78. The van der Waals surface area contributed by atoms with E-state index in [0.717, 1.165) is 20.3 Å². The molecule has 8 nitrogen and oxygen atoms in total. The first-order valence-corrected chi connectivity index (χ1v) is 5.61. The molecule has 1 aliphatic carbocycles. The maximum Gasteiger partial charge on any atom is 0.372 e. The Labute approximate surface area is 114 Å². The van der Waals surface area contributed by atoms with Crippen molar-refractivity contribution in [3.05, 3.63) is 24.0 Å². The van der Waals surface area contributed by atoms with E-state index in [4.69, 9.17) is 4.74 Å². The zero-order valence-corrected chi connectivity index (χ0v) is 11.0. The molecule has 0 amide bonds. The number of rotatable bonds is 4. The molecule has 8 heteroatoms. The first kappa shape index (κ1) is 16.2. The molecule has 0 heterocycles. The van der Waals surface area contributed by atoms with Crippen molar-refractivity contribution in [2.75, 3.05) is 14.2 Å². The number of esters is 2. The molecular formula is C12H16O8. The van der Waals surface area contributed by atoms with Crippen molar-refractivity contribution in [1.82, 2.24) is 0 Å². The minimum Gasteiger partial charge on any atom is -0.477 e. The van der Waals surface area contributed by atoms with Crippen LogP contribution in [0.1, 0.15) is 0 Å². The quantitative estimate of drug-likeness (QED) is 0.316. The fourth-order valence-electron chi connectivity index (χ4n) is 1.68. The summed E-state index contributed by atoms with van der Waals surface area (Å²) < 4.78 is 13.8. The van der Waals surface area contributed by atoms with E-state index in [0.29, 0.717) is 0 Å². The number of hydrogen-bond acceptors (Lipinski definition) is 8. The van der Waals surface area contributed by atoms with Crippen molar-refractivity contribution < 1.29 is 39.1 Å². The average molecular weight is 288 g/mol. The van der Waals surface area contributed by atoms with Crippen LogP contribution < -0.4 is 0 Å². The lowest BCUT2D eigenvalue weighted by Crippen LogP contribution is -2.50. The van der Waals surface area contributed by atoms with Crippen molar-refractivity contribution >= 4 is 11.9 Å². The molecule has 1 rings (SSSR count). The summed E-state index contributed by atoms with van der Waals surface area (Å²) in [5.74, 6) is -2.17. The van der Waals surface area contributed by atoms with E-state index in [1.165, 1.54) is 0 Å². The van der Waals surface area contributed by atoms with E-state index < -0.39 is 42.1 Å². The zero-order chi connectivity index (χ0) is 15.4. The Kier molecular flexibility index (Phi) is 5.26. The number of aliphatic hydroxyl groups is 3. The van der Waals surface area contributed by atoms with Crippen molar-refractivity contribution in [1.29, 1.82) is 0 Å².